The molecular formula is C63H81N13O11S3. The van der Waals surface area contributed by atoms with Crippen molar-refractivity contribution < 1.29 is 51.4 Å². The zero-order chi connectivity index (χ0) is 63.3. The largest absolute Gasteiger partial charge is 0.508 e. The van der Waals surface area contributed by atoms with Gasteiger partial charge in [-0.3, -0.25) is 19.4 Å². The number of thiazole rings is 1. The monoisotopic (exact) mass is 1290 g/mol. The number of carbonyl (C=O) groups excluding carboxylic acids is 3. The Kier molecular flexibility index (Phi) is 20.0. The smallest absolute Gasteiger partial charge is 0.507 e. The number of rotatable bonds is 23. The minimum Gasteiger partial charge on any atom is -0.507 e. The molecule has 2 amide bonds. The highest BCUT2D eigenvalue weighted by Gasteiger charge is 2.47. The minimum atomic E-state index is -3.47. The molecule has 4 aromatic heterocycles. The van der Waals surface area contributed by atoms with Crippen LogP contribution in [0, 0.1) is 12.8 Å². The molecule has 5 fully saturated rings. The zero-order valence-electron chi connectivity index (χ0n) is 51.7. The van der Waals surface area contributed by atoms with Gasteiger partial charge in [0, 0.05) is 106 Å². The van der Waals surface area contributed by atoms with Crippen LogP contribution >= 0.6 is 22.1 Å². The first-order valence-electron chi connectivity index (χ1n) is 30.9. The van der Waals surface area contributed by atoms with Crippen LogP contribution in [0.3, 0.4) is 0 Å². The van der Waals surface area contributed by atoms with Gasteiger partial charge in [-0.15, -0.1) is 21.5 Å². The number of pyridine rings is 1. The van der Waals surface area contributed by atoms with E-state index in [0.717, 1.165) is 102 Å². The second-order valence-corrected chi connectivity index (χ2v) is 30.2. The van der Waals surface area contributed by atoms with E-state index in [4.69, 9.17) is 29.2 Å². The number of amides is 2. The molecule has 5 aliphatic rings. The molecule has 6 aromatic rings. The Bertz CT molecular complexity index is 3580. The maximum absolute atomic E-state index is 14.9. The number of hydrogen-bond acceptors (Lipinski definition) is 24. The summed E-state index contributed by atoms with van der Waals surface area (Å²) in [5.74, 6) is -0.400. The summed E-state index contributed by atoms with van der Waals surface area (Å²) in [6.07, 6.45) is 4.05. The summed E-state index contributed by atoms with van der Waals surface area (Å²) in [4.78, 5) is 63.8. The van der Waals surface area contributed by atoms with E-state index in [2.05, 4.69) is 68.5 Å². The van der Waals surface area contributed by atoms with Gasteiger partial charge in [-0.05, 0) is 117 Å². The van der Waals surface area contributed by atoms with Gasteiger partial charge in [0.25, 0.3) is 5.88 Å². The van der Waals surface area contributed by atoms with Gasteiger partial charge in [0.15, 0.2) is 20.4 Å². The van der Waals surface area contributed by atoms with Crippen LogP contribution in [-0.2, 0) is 27.9 Å². The highest BCUT2D eigenvalue weighted by molar-refractivity contribution is 8.72. The summed E-state index contributed by atoms with van der Waals surface area (Å²) in [5, 5.41) is 29.6. The minimum absolute atomic E-state index is 0.00441. The van der Waals surface area contributed by atoms with Crippen LogP contribution in [-0.4, -0.2) is 198 Å². The van der Waals surface area contributed by atoms with E-state index in [1.165, 1.54) is 4.90 Å². The molecule has 2 bridgehead atoms. The standard InChI is InChI=1S/C63H81N13O11S3/c1-39(2)57(61(79)75-36-48(86-62(80)85-37-63(89-90(6,81)82)18-21-65-22-19-63)30-52(75)60(78)68-41(4)43-11-13-44(14-12-43)58-42(5)67-38-88-58)54-32-56(71-87-54)84-27-25-72-23-24-73(40(3)33-72)26-28-83-55-29-45(17-20-66-55)76-46-15-16-47(76)35-74(34-46)51-31-50(69-70-59(51)64)49-9-7-8-10-53(49)77/h7-14,17,20,29,31-32,38-41,46-48,52,57,65,77H,15-16,18-19,21-28,30,33-37H2,1-6H3,(H2,64,70)(H,68,78)/t40-,41+,46?,47?,48-,52+,57?/m1/s1. The van der Waals surface area contributed by atoms with E-state index < -0.39 is 55.7 Å². The number of piperidine rings is 1. The Morgan fingerprint density at radius 2 is 1.67 bits per heavy atom. The number of phenols is 1. The fourth-order valence-corrected chi connectivity index (χ4v) is 17.8. The molecule has 7 atom stereocenters. The van der Waals surface area contributed by atoms with Crippen LogP contribution in [0.1, 0.15) is 88.8 Å². The van der Waals surface area contributed by atoms with Crippen LogP contribution < -0.4 is 35.6 Å². The van der Waals surface area contributed by atoms with Crippen LogP contribution in [0.2, 0.25) is 0 Å². The maximum Gasteiger partial charge on any atom is 0.508 e. The molecule has 11 rings (SSSR count). The van der Waals surface area contributed by atoms with E-state index in [0.29, 0.717) is 68.6 Å². The lowest BCUT2D eigenvalue weighted by molar-refractivity contribution is -0.141. The molecule has 0 aliphatic carbocycles. The Morgan fingerprint density at radius 1 is 0.922 bits per heavy atom. The van der Waals surface area contributed by atoms with Gasteiger partial charge in [0.05, 0.1) is 44.8 Å². The number of nitrogen functional groups attached to an aromatic ring is 1. The third-order valence-corrected chi connectivity index (χ3v) is 22.0. The molecule has 0 radical (unpaired) electrons. The number of piperazine rings is 2. The van der Waals surface area contributed by atoms with E-state index in [-0.39, 0.29) is 61.0 Å². The normalized spacial score (nSPS) is 21.9. The number of aryl methyl sites for hydroxylation is 1. The number of carbonyl (C=O) groups is 3. The molecule has 5 N–H and O–H groups in total. The van der Waals surface area contributed by atoms with Crippen molar-refractivity contribution in [2.24, 2.45) is 5.92 Å². The average Bonchev–Trinajstić information content (AvgIpc) is 1.69. The molecule has 5 aliphatic heterocycles. The van der Waals surface area contributed by atoms with Gasteiger partial charge < -0.3 is 59.6 Å². The Labute approximate surface area is 532 Å². The number of phenolic OH excluding ortho intramolecular Hbond substituents is 1. The fraction of sp³-hybridized carbons (Fsp3) is 0.524. The molecular weight excluding hydrogens is 1210 g/mol. The van der Waals surface area contributed by atoms with Crippen LogP contribution in [0.15, 0.2) is 89.0 Å². The number of nitrogens with one attached hydrogen (secondary N) is 2. The van der Waals surface area contributed by atoms with Crippen LogP contribution in [0.25, 0.3) is 21.7 Å². The zero-order valence-corrected chi connectivity index (χ0v) is 54.2. The predicted molar refractivity (Wildman–Crippen MR) is 344 cm³/mol. The van der Waals surface area contributed by atoms with Crippen LogP contribution in [0.5, 0.6) is 17.5 Å². The second kappa shape index (κ2) is 28.1. The fourth-order valence-electron chi connectivity index (χ4n) is 13.3. The molecule has 0 saturated carbocycles. The lowest BCUT2D eigenvalue weighted by Crippen LogP contribution is -2.54. The van der Waals surface area contributed by atoms with Crippen molar-refractivity contribution in [1.29, 1.82) is 0 Å². The SMILES string of the molecule is Cc1ncsc1-c1ccc([C@H](C)NC(=O)[C@@H]2C[C@@H](OC(=O)OCC3(SS(C)(=O)=O)CCNCC3)CN2C(=O)C(c2cc(OCCN3CCN(CCOc4cc(N5C6CCC5CN(c5cc(-c7ccccc7O)nnc5N)C6)ccn4)[C@H](C)C3)no2)C(C)C)cc1. The molecule has 482 valence electrons. The molecule has 27 heteroatoms. The van der Waals surface area contributed by atoms with Crippen molar-refractivity contribution >= 4 is 66.2 Å². The van der Waals surface area contributed by atoms with Gasteiger partial charge in [-0.1, -0.05) is 50.2 Å². The number of likely N-dealkylation sites (tertiary alicyclic amines) is 1. The molecule has 3 unspecified atom stereocenters. The number of nitrogens with two attached hydrogens (primary N) is 1. The molecule has 0 spiro atoms. The Hall–Kier alpha value is -7.30. The lowest BCUT2D eigenvalue weighted by atomic mass is 9.91. The number of aromatic nitrogens is 5. The number of anilines is 3. The molecule has 5 saturated heterocycles. The first-order valence-corrected chi connectivity index (χ1v) is 35.0. The van der Waals surface area contributed by atoms with Gasteiger partial charge in [-0.2, -0.15) is 0 Å². The van der Waals surface area contributed by atoms with Crippen molar-refractivity contribution in [2.75, 3.05) is 107 Å². The number of nitrogens with zero attached hydrogens (tertiary/aromatic N) is 10. The quantitative estimate of drug-likeness (QED) is 0.0367. The Morgan fingerprint density at radius 3 is 2.38 bits per heavy atom. The van der Waals surface area contributed by atoms with E-state index >= 15 is 0 Å². The van der Waals surface area contributed by atoms with Gasteiger partial charge in [0.1, 0.15) is 43.6 Å². The average molecular weight is 1290 g/mol. The summed E-state index contributed by atoms with van der Waals surface area (Å²) in [6, 6.07) is 22.0. The Balaban J connectivity index is 0.663. The number of benzene rings is 2. The summed E-state index contributed by atoms with van der Waals surface area (Å²) >= 11 is 1.56. The number of ether oxygens (including phenoxy) is 4. The summed E-state index contributed by atoms with van der Waals surface area (Å²) < 4.78 is 53.8. The predicted octanol–water partition coefficient (Wildman–Crippen LogP) is 7.12. The molecule has 2 aromatic carbocycles. The maximum atomic E-state index is 14.9. The molecule has 24 nitrogen and oxygen atoms in total. The number of hydrogen-bond donors (Lipinski definition) is 4. The molecule has 90 heavy (non-hydrogen) atoms. The van der Waals surface area contributed by atoms with Crippen molar-refractivity contribution in [2.45, 2.75) is 114 Å². The highest BCUT2D eigenvalue weighted by Crippen LogP contribution is 2.42. The van der Waals surface area contributed by atoms with E-state index in [1.54, 1.807) is 29.5 Å². The van der Waals surface area contributed by atoms with E-state index in [9.17, 15) is 27.9 Å². The lowest BCUT2D eigenvalue weighted by Gasteiger charge is -2.43. The van der Waals surface area contributed by atoms with Crippen LogP contribution in [0.4, 0.5) is 22.0 Å². The third kappa shape index (κ3) is 15.2. The van der Waals surface area contributed by atoms with Crippen molar-refractivity contribution in [3.8, 4) is 39.2 Å². The van der Waals surface area contributed by atoms with Gasteiger partial charge in [0.2, 0.25) is 17.7 Å². The van der Waals surface area contributed by atoms with Crippen molar-refractivity contribution in [3.63, 3.8) is 0 Å². The number of fused-ring (bicyclic) bond motifs is 2. The summed E-state index contributed by atoms with van der Waals surface area (Å²) in [6.45, 7) is 16.9. The van der Waals surface area contributed by atoms with E-state index in [1.807, 2.05) is 87.9 Å². The van der Waals surface area contributed by atoms with Gasteiger partial charge in [-0.25, -0.2) is 23.2 Å². The summed E-state index contributed by atoms with van der Waals surface area (Å²) in [5.41, 5.74) is 14.1. The number of para-hydroxylation sites is 1. The first-order chi connectivity index (χ1) is 43.3. The highest BCUT2D eigenvalue weighted by atomic mass is 33.1. The van der Waals surface area contributed by atoms with Crippen molar-refractivity contribution in [3.05, 3.63) is 102 Å². The first kappa shape index (κ1) is 64.2. The number of aromatic hydroxyl groups is 1. The van der Waals surface area contributed by atoms with Gasteiger partial charge >= 0.3 is 6.16 Å². The molecule has 9 heterocycles. The van der Waals surface area contributed by atoms with Crippen molar-refractivity contribution in [1.82, 2.24) is 50.7 Å². The topological polar surface area (TPSA) is 286 Å². The summed E-state index contributed by atoms with van der Waals surface area (Å²) in [7, 11) is -2.68. The second-order valence-electron chi connectivity index (χ2n) is 24.6. The third-order valence-electron chi connectivity index (χ3n) is 17.9.